The average molecular weight is 320 g/mol. The van der Waals surface area contributed by atoms with E-state index < -0.39 is 0 Å². The lowest BCUT2D eigenvalue weighted by atomic mass is 9.94. The second-order valence-corrected chi connectivity index (χ2v) is 6.66. The molecule has 0 saturated heterocycles. The molecule has 0 fully saturated rings. The van der Waals surface area contributed by atoms with Gasteiger partial charge in [0.05, 0.1) is 5.60 Å². The summed E-state index contributed by atoms with van der Waals surface area (Å²) < 4.78 is 6.77. The Balaban J connectivity index is 2.69. The van der Waals surface area contributed by atoms with E-state index in [-0.39, 0.29) is 5.60 Å². The molecule has 0 aliphatic rings. The smallest absolute Gasteiger partial charge is 0.0778 e. The average Bonchev–Trinajstić information content (AvgIpc) is 2.70. The van der Waals surface area contributed by atoms with E-state index in [1.54, 1.807) is 18.4 Å². The van der Waals surface area contributed by atoms with Crippen LogP contribution in [0.1, 0.15) is 32.1 Å². The molecule has 1 N–H and O–H groups in total. The van der Waals surface area contributed by atoms with Crippen molar-refractivity contribution in [1.29, 1.82) is 0 Å². The molecule has 2 nitrogen and oxygen atoms in total. The summed E-state index contributed by atoms with van der Waals surface area (Å²) in [5.41, 5.74) is -0.147. The summed E-state index contributed by atoms with van der Waals surface area (Å²) in [5.74, 6) is 0. The number of methoxy groups -OCH3 is 1. The van der Waals surface area contributed by atoms with Crippen molar-refractivity contribution in [3.63, 3.8) is 0 Å². The molecule has 1 aromatic rings. The monoisotopic (exact) mass is 319 g/mol. The molecule has 1 rings (SSSR count). The van der Waals surface area contributed by atoms with Crippen molar-refractivity contribution in [3.8, 4) is 0 Å². The molecule has 4 heteroatoms. The van der Waals surface area contributed by atoms with Gasteiger partial charge in [0.1, 0.15) is 0 Å². The Bertz CT molecular complexity index is 338. The highest BCUT2D eigenvalue weighted by molar-refractivity contribution is 9.10. The third-order valence-electron chi connectivity index (χ3n) is 3.03. The lowest BCUT2D eigenvalue weighted by molar-refractivity contribution is -0.00976. The number of halogens is 1. The number of hydrogen-bond donors (Lipinski definition) is 1. The van der Waals surface area contributed by atoms with Crippen molar-refractivity contribution in [2.75, 3.05) is 13.7 Å². The summed E-state index contributed by atoms with van der Waals surface area (Å²) in [5, 5.41) is 5.72. The van der Waals surface area contributed by atoms with Gasteiger partial charge in [-0.2, -0.15) is 0 Å². The van der Waals surface area contributed by atoms with E-state index in [9.17, 15) is 0 Å². The van der Waals surface area contributed by atoms with Crippen molar-refractivity contribution >= 4 is 27.3 Å². The van der Waals surface area contributed by atoms with E-state index in [0.717, 1.165) is 19.4 Å². The minimum absolute atomic E-state index is 0.147. The standard InChI is InChI=1S/C13H22BrNOS/c1-5-6-15-12(13(2,3)16-4)8-11-7-10(14)9-17-11/h7,9,12,15H,5-6,8H2,1-4H3. The fourth-order valence-electron chi connectivity index (χ4n) is 1.69. The summed E-state index contributed by atoms with van der Waals surface area (Å²) in [6.45, 7) is 7.50. The molecule has 1 unspecified atom stereocenters. The summed E-state index contributed by atoms with van der Waals surface area (Å²) >= 11 is 5.30. The minimum Gasteiger partial charge on any atom is -0.377 e. The maximum Gasteiger partial charge on any atom is 0.0778 e. The number of rotatable bonds is 7. The molecule has 0 amide bonds. The van der Waals surface area contributed by atoms with Gasteiger partial charge in [-0.25, -0.2) is 0 Å². The SMILES string of the molecule is CCCNC(Cc1cc(Br)cs1)C(C)(C)OC. The van der Waals surface area contributed by atoms with Gasteiger partial charge in [-0.15, -0.1) is 11.3 Å². The fourth-order valence-corrected chi connectivity index (χ4v) is 3.18. The number of ether oxygens (including phenoxy) is 1. The van der Waals surface area contributed by atoms with Gasteiger partial charge in [-0.3, -0.25) is 0 Å². The van der Waals surface area contributed by atoms with Crippen LogP contribution in [0.4, 0.5) is 0 Å². The van der Waals surface area contributed by atoms with Crippen LogP contribution in [-0.4, -0.2) is 25.3 Å². The Morgan fingerprint density at radius 2 is 2.24 bits per heavy atom. The molecular formula is C13H22BrNOS. The molecule has 17 heavy (non-hydrogen) atoms. The van der Waals surface area contributed by atoms with Gasteiger partial charge in [0.15, 0.2) is 0 Å². The first-order chi connectivity index (χ1) is 7.99. The summed E-state index contributed by atoms with van der Waals surface area (Å²) in [4.78, 5) is 1.38. The van der Waals surface area contributed by atoms with Gasteiger partial charge >= 0.3 is 0 Å². The van der Waals surface area contributed by atoms with Crippen molar-refractivity contribution in [2.45, 2.75) is 45.3 Å². The predicted octanol–water partition coefficient (Wildman–Crippen LogP) is 3.85. The molecular weight excluding hydrogens is 298 g/mol. The van der Waals surface area contributed by atoms with E-state index in [2.05, 4.69) is 53.5 Å². The molecule has 0 aliphatic heterocycles. The van der Waals surface area contributed by atoms with E-state index >= 15 is 0 Å². The Morgan fingerprint density at radius 3 is 2.71 bits per heavy atom. The van der Waals surface area contributed by atoms with Crippen molar-refractivity contribution in [2.24, 2.45) is 0 Å². The molecule has 1 atom stereocenters. The molecule has 0 saturated carbocycles. The van der Waals surface area contributed by atoms with Crippen molar-refractivity contribution in [1.82, 2.24) is 5.32 Å². The highest BCUT2D eigenvalue weighted by Gasteiger charge is 2.29. The third-order valence-corrected chi connectivity index (χ3v) is 4.75. The molecule has 0 spiro atoms. The van der Waals surface area contributed by atoms with Crippen LogP contribution in [0.5, 0.6) is 0 Å². The van der Waals surface area contributed by atoms with Gasteiger partial charge in [-0.05, 0) is 55.2 Å². The third kappa shape index (κ3) is 4.70. The van der Waals surface area contributed by atoms with Gasteiger partial charge < -0.3 is 10.1 Å². The number of nitrogens with one attached hydrogen (secondary N) is 1. The summed E-state index contributed by atoms with van der Waals surface area (Å²) in [7, 11) is 1.78. The maximum atomic E-state index is 5.61. The van der Waals surface area contributed by atoms with Crippen molar-refractivity contribution < 1.29 is 4.74 Å². The summed E-state index contributed by atoms with van der Waals surface area (Å²) in [6.07, 6.45) is 2.15. The van der Waals surface area contributed by atoms with Crippen LogP contribution in [0.25, 0.3) is 0 Å². The Kier molecular flexibility index (Phi) is 6.13. The second-order valence-electron chi connectivity index (χ2n) is 4.75. The second kappa shape index (κ2) is 6.88. The Morgan fingerprint density at radius 1 is 1.53 bits per heavy atom. The zero-order valence-electron chi connectivity index (χ0n) is 11.0. The molecule has 0 radical (unpaired) electrons. The van der Waals surface area contributed by atoms with E-state index in [1.165, 1.54) is 9.35 Å². The first-order valence-electron chi connectivity index (χ1n) is 6.01. The fraction of sp³-hybridized carbons (Fsp3) is 0.692. The van der Waals surface area contributed by atoms with E-state index in [4.69, 9.17) is 4.74 Å². The lowest BCUT2D eigenvalue weighted by Crippen LogP contribution is -2.49. The molecule has 0 aromatic carbocycles. The number of thiophene rings is 1. The van der Waals surface area contributed by atoms with Crippen LogP contribution >= 0.6 is 27.3 Å². The largest absolute Gasteiger partial charge is 0.377 e. The lowest BCUT2D eigenvalue weighted by Gasteiger charge is -2.33. The van der Waals surface area contributed by atoms with Gasteiger partial charge in [-0.1, -0.05) is 6.92 Å². The highest BCUT2D eigenvalue weighted by Crippen LogP contribution is 2.24. The van der Waals surface area contributed by atoms with Gasteiger partial charge in [0, 0.05) is 27.9 Å². The van der Waals surface area contributed by atoms with Gasteiger partial charge in [0.2, 0.25) is 0 Å². The van der Waals surface area contributed by atoms with Crippen molar-refractivity contribution in [3.05, 3.63) is 20.8 Å². The van der Waals surface area contributed by atoms with Crippen LogP contribution in [0.15, 0.2) is 15.9 Å². The molecule has 1 heterocycles. The number of hydrogen-bond acceptors (Lipinski definition) is 3. The zero-order valence-corrected chi connectivity index (χ0v) is 13.5. The van der Waals surface area contributed by atoms with Crippen LogP contribution in [0, 0.1) is 0 Å². The zero-order chi connectivity index (χ0) is 12.9. The molecule has 1 aromatic heterocycles. The minimum atomic E-state index is -0.147. The normalized spacial score (nSPS) is 13.9. The van der Waals surface area contributed by atoms with Crippen LogP contribution in [-0.2, 0) is 11.2 Å². The maximum absolute atomic E-state index is 5.61. The molecule has 98 valence electrons. The molecule has 0 bridgehead atoms. The first-order valence-corrected chi connectivity index (χ1v) is 7.68. The van der Waals surface area contributed by atoms with Gasteiger partial charge in [0.25, 0.3) is 0 Å². The quantitative estimate of drug-likeness (QED) is 0.824. The van der Waals surface area contributed by atoms with E-state index in [0.29, 0.717) is 6.04 Å². The highest BCUT2D eigenvalue weighted by atomic mass is 79.9. The first kappa shape index (κ1) is 15.2. The van der Waals surface area contributed by atoms with Crippen LogP contribution in [0.3, 0.4) is 0 Å². The van der Waals surface area contributed by atoms with E-state index in [1.807, 2.05) is 0 Å². The topological polar surface area (TPSA) is 21.3 Å². The molecule has 0 aliphatic carbocycles. The predicted molar refractivity (Wildman–Crippen MR) is 78.9 cm³/mol. The summed E-state index contributed by atoms with van der Waals surface area (Å²) in [6, 6.07) is 2.54. The Labute approximate surface area is 117 Å². The Hall–Kier alpha value is 0.1000. The van der Waals surface area contributed by atoms with Crippen LogP contribution < -0.4 is 5.32 Å². The van der Waals surface area contributed by atoms with Crippen LogP contribution in [0.2, 0.25) is 0 Å².